The first-order valence-corrected chi connectivity index (χ1v) is 6.71. The number of nitrogens with one attached hydrogen (secondary N) is 2. The van der Waals surface area contributed by atoms with Gasteiger partial charge in [-0.3, -0.25) is 0 Å². The van der Waals surface area contributed by atoms with Crippen LogP contribution in [0, 0.1) is 13.8 Å². The fraction of sp³-hybridized carbons (Fsp3) is 0.312. The summed E-state index contributed by atoms with van der Waals surface area (Å²) in [7, 11) is 3.04. The summed E-state index contributed by atoms with van der Waals surface area (Å²) in [6.07, 6.45) is 0. The van der Waals surface area contributed by atoms with Crippen LogP contribution < -0.4 is 10.1 Å². The third-order valence-electron chi connectivity index (χ3n) is 3.43. The Bertz CT molecular complexity index is 647. The van der Waals surface area contributed by atoms with E-state index in [0.717, 1.165) is 28.3 Å². The Balaban J connectivity index is 2.10. The Morgan fingerprint density at radius 2 is 1.95 bits per heavy atom. The fourth-order valence-electron chi connectivity index (χ4n) is 2.30. The van der Waals surface area contributed by atoms with Crippen LogP contribution in [0.1, 0.15) is 27.3 Å². The van der Waals surface area contributed by atoms with E-state index in [1.54, 1.807) is 13.2 Å². The van der Waals surface area contributed by atoms with Gasteiger partial charge in [-0.25, -0.2) is 4.79 Å². The molecule has 0 aliphatic rings. The van der Waals surface area contributed by atoms with Gasteiger partial charge in [0.05, 0.1) is 20.8 Å². The molecule has 0 fully saturated rings. The summed E-state index contributed by atoms with van der Waals surface area (Å²) in [5.41, 5.74) is 4.54. The standard InChI is InChI=1S/C16H20N2O3/c1-10-5-7-13(11(2)15(10)20-3)17-9-12-6-8-14(18-12)16(19)21-4/h5-8,17-18H,9H2,1-4H3. The number of hydrogen-bond acceptors (Lipinski definition) is 4. The Kier molecular flexibility index (Phi) is 4.52. The molecule has 0 atom stereocenters. The molecular formula is C16H20N2O3. The summed E-state index contributed by atoms with van der Waals surface area (Å²) in [4.78, 5) is 14.4. The van der Waals surface area contributed by atoms with Crippen LogP contribution in [0.25, 0.3) is 0 Å². The molecule has 1 aromatic heterocycles. The van der Waals surface area contributed by atoms with Crippen molar-refractivity contribution in [1.29, 1.82) is 0 Å². The monoisotopic (exact) mass is 288 g/mol. The zero-order valence-electron chi connectivity index (χ0n) is 12.7. The number of esters is 1. The second-order valence-corrected chi connectivity index (χ2v) is 4.83. The van der Waals surface area contributed by atoms with Gasteiger partial charge in [-0.15, -0.1) is 0 Å². The fourth-order valence-corrected chi connectivity index (χ4v) is 2.30. The van der Waals surface area contributed by atoms with Crippen LogP contribution in [0.4, 0.5) is 5.69 Å². The van der Waals surface area contributed by atoms with Crippen LogP contribution in [0.3, 0.4) is 0 Å². The zero-order valence-corrected chi connectivity index (χ0v) is 12.7. The number of H-pyrrole nitrogens is 1. The molecule has 2 N–H and O–H groups in total. The smallest absolute Gasteiger partial charge is 0.354 e. The molecule has 5 nitrogen and oxygen atoms in total. The van der Waals surface area contributed by atoms with Gasteiger partial charge in [0.1, 0.15) is 11.4 Å². The first kappa shape index (κ1) is 15.0. The van der Waals surface area contributed by atoms with Crippen molar-refractivity contribution in [2.45, 2.75) is 20.4 Å². The third kappa shape index (κ3) is 3.18. The van der Waals surface area contributed by atoms with Gasteiger partial charge in [-0.2, -0.15) is 0 Å². The van der Waals surface area contributed by atoms with Gasteiger partial charge in [0.15, 0.2) is 0 Å². The highest BCUT2D eigenvalue weighted by Crippen LogP contribution is 2.29. The van der Waals surface area contributed by atoms with E-state index >= 15 is 0 Å². The topological polar surface area (TPSA) is 63.4 Å². The zero-order chi connectivity index (χ0) is 15.4. The lowest BCUT2D eigenvalue weighted by Gasteiger charge is -2.14. The van der Waals surface area contributed by atoms with Crippen LogP contribution in [0.2, 0.25) is 0 Å². The van der Waals surface area contributed by atoms with Crippen LogP contribution in [-0.2, 0) is 11.3 Å². The molecule has 0 saturated heterocycles. The van der Waals surface area contributed by atoms with Gasteiger partial charge < -0.3 is 19.8 Å². The highest BCUT2D eigenvalue weighted by atomic mass is 16.5. The van der Waals surface area contributed by atoms with Crippen LogP contribution in [0.5, 0.6) is 5.75 Å². The first-order chi connectivity index (χ1) is 10.1. The summed E-state index contributed by atoms with van der Waals surface area (Å²) in [6.45, 7) is 4.62. The van der Waals surface area contributed by atoms with Gasteiger partial charge in [-0.1, -0.05) is 6.07 Å². The summed E-state index contributed by atoms with van der Waals surface area (Å²) >= 11 is 0. The molecule has 5 heteroatoms. The van der Waals surface area contributed by atoms with Crippen molar-refractivity contribution in [2.24, 2.45) is 0 Å². The molecule has 1 heterocycles. The number of anilines is 1. The van der Waals surface area contributed by atoms with Gasteiger partial charge >= 0.3 is 5.97 Å². The number of benzene rings is 1. The predicted octanol–water partition coefficient (Wildman–Crippen LogP) is 3.04. The Hall–Kier alpha value is -2.43. The minimum absolute atomic E-state index is 0.366. The van der Waals surface area contributed by atoms with Crippen molar-refractivity contribution in [2.75, 3.05) is 19.5 Å². The molecule has 2 rings (SSSR count). The maximum atomic E-state index is 11.4. The van der Waals surface area contributed by atoms with E-state index < -0.39 is 0 Å². The molecule has 0 spiro atoms. The van der Waals surface area contributed by atoms with Crippen molar-refractivity contribution >= 4 is 11.7 Å². The number of carbonyl (C=O) groups is 1. The largest absolute Gasteiger partial charge is 0.496 e. The molecule has 0 aliphatic heterocycles. The lowest BCUT2D eigenvalue weighted by molar-refractivity contribution is 0.0594. The van der Waals surface area contributed by atoms with Crippen molar-refractivity contribution in [1.82, 2.24) is 4.98 Å². The second kappa shape index (κ2) is 6.35. The Labute approximate surface area is 124 Å². The van der Waals surface area contributed by atoms with E-state index in [1.807, 2.05) is 32.0 Å². The molecule has 2 aromatic rings. The normalized spacial score (nSPS) is 10.3. The van der Waals surface area contributed by atoms with E-state index in [-0.39, 0.29) is 5.97 Å². The van der Waals surface area contributed by atoms with E-state index in [9.17, 15) is 4.79 Å². The lowest BCUT2D eigenvalue weighted by Crippen LogP contribution is -2.05. The third-order valence-corrected chi connectivity index (χ3v) is 3.43. The molecule has 112 valence electrons. The first-order valence-electron chi connectivity index (χ1n) is 6.71. The van der Waals surface area contributed by atoms with Crippen LogP contribution in [0.15, 0.2) is 24.3 Å². The van der Waals surface area contributed by atoms with Gasteiger partial charge in [0, 0.05) is 16.9 Å². The van der Waals surface area contributed by atoms with Gasteiger partial charge in [-0.05, 0) is 37.6 Å². The minimum Gasteiger partial charge on any atom is -0.496 e. The Morgan fingerprint density at radius 1 is 1.19 bits per heavy atom. The number of aryl methyl sites for hydroxylation is 1. The van der Waals surface area contributed by atoms with Crippen molar-refractivity contribution in [3.63, 3.8) is 0 Å². The summed E-state index contributed by atoms with van der Waals surface area (Å²) in [6, 6.07) is 7.62. The van der Waals surface area contributed by atoms with Crippen molar-refractivity contribution < 1.29 is 14.3 Å². The van der Waals surface area contributed by atoms with Crippen molar-refractivity contribution in [3.05, 3.63) is 46.8 Å². The predicted molar refractivity (Wildman–Crippen MR) is 81.9 cm³/mol. The average molecular weight is 288 g/mol. The summed E-state index contributed by atoms with van der Waals surface area (Å²) < 4.78 is 10.1. The summed E-state index contributed by atoms with van der Waals surface area (Å²) in [5, 5.41) is 3.34. The molecule has 0 bridgehead atoms. The maximum Gasteiger partial charge on any atom is 0.354 e. The number of methoxy groups -OCH3 is 2. The number of carbonyl (C=O) groups excluding carboxylic acids is 1. The second-order valence-electron chi connectivity index (χ2n) is 4.83. The number of aromatic amines is 1. The molecule has 0 amide bonds. The minimum atomic E-state index is -0.366. The highest BCUT2D eigenvalue weighted by Gasteiger charge is 2.10. The maximum absolute atomic E-state index is 11.4. The van der Waals surface area contributed by atoms with Gasteiger partial charge in [0.25, 0.3) is 0 Å². The summed E-state index contributed by atoms with van der Waals surface area (Å²) in [5.74, 6) is 0.524. The Morgan fingerprint density at radius 3 is 2.62 bits per heavy atom. The number of aromatic nitrogens is 1. The van der Waals surface area contributed by atoms with Crippen LogP contribution in [-0.4, -0.2) is 25.2 Å². The van der Waals surface area contributed by atoms with Gasteiger partial charge in [0.2, 0.25) is 0 Å². The highest BCUT2D eigenvalue weighted by molar-refractivity contribution is 5.87. The molecular weight excluding hydrogens is 268 g/mol. The van der Waals surface area contributed by atoms with E-state index in [4.69, 9.17) is 4.74 Å². The quantitative estimate of drug-likeness (QED) is 0.830. The molecule has 0 aliphatic carbocycles. The van der Waals surface area contributed by atoms with Crippen molar-refractivity contribution in [3.8, 4) is 5.75 Å². The molecule has 0 unspecified atom stereocenters. The number of rotatable bonds is 5. The van der Waals surface area contributed by atoms with Crippen LogP contribution >= 0.6 is 0 Å². The van der Waals surface area contributed by atoms with E-state index in [2.05, 4.69) is 15.0 Å². The molecule has 0 radical (unpaired) electrons. The van der Waals surface area contributed by atoms with E-state index in [0.29, 0.717) is 12.2 Å². The SMILES string of the molecule is COC(=O)c1ccc(CNc2ccc(C)c(OC)c2C)[nH]1. The lowest BCUT2D eigenvalue weighted by atomic mass is 10.1. The molecule has 1 aromatic carbocycles. The van der Waals surface area contributed by atoms with E-state index in [1.165, 1.54) is 7.11 Å². The average Bonchev–Trinajstić information content (AvgIpc) is 2.95. The molecule has 21 heavy (non-hydrogen) atoms. The number of hydrogen-bond donors (Lipinski definition) is 2. The number of ether oxygens (including phenoxy) is 2. The molecule has 0 saturated carbocycles.